The van der Waals surface area contributed by atoms with Crippen molar-refractivity contribution in [2.24, 2.45) is 5.92 Å². The SMILES string of the molecule is CCCCCNC(=O)C(C)NCC1CCCC(O)C1. The van der Waals surface area contributed by atoms with Gasteiger partial charge in [0.15, 0.2) is 0 Å². The molecule has 3 atom stereocenters. The van der Waals surface area contributed by atoms with Crippen molar-refractivity contribution < 1.29 is 9.90 Å². The number of carbonyl (C=O) groups excluding carboxylic acids is 1. The minimum absolute atomic E-state index is 0.0902. The number of aliphatic hydroxyl groups excluding tert-OH is 1. The Labute approximate surface area is 117 Å². The Morgan fingerprint density at radius 1 is 1.37 bits per heavy atom. The molecule has 0 aromatic heterocycles. The first-order valence-electron chi connectivity index (χ1n) is 7.82. The van der Waals surface area contributed by atoms with Crippen LogP contribution in [0.2, 0.25) is 0 Å². The fourth-order valence-corrected chi connectivity index (χ4v) is 2.62. The minimum atomic E-state index is -0.140. The number of rotatable bonds is 8. The lowest BCUT2D eigenvalue weighted by atomic mass is 9.87. The highest BCUT2D eigenvalue weighted by atomic mass is 16.3. The van der Waals surface area contributed by atoms with Gasteiger partial charge in [-0.15, -0.1) is 0 Å². The summed E-state index contributed by atoms with van der Waals surface area (Å²) in [5.74, 6) is 0.603. The number of hydrogen-bond donors (Lipinski definition) is 3. The summed E-state index contributed by atoms with van der Waals surface area (Å²) in [6.07, 6.45) is 7.33. The molecular formula is C15H30N2O2. The molecule has 0 radical (unpaired) electrons. The van der Waals surface area contributed by atoms with Gasteiger partial charge in [-0.25, -0.2) is 0 Å². The Morgan fingerprint density at radius 2 is 2.16 bits per heavy atom. The molecule has 1 aliphatic carbocycles. The second-order valence-electron chi connectivity index (χ2n) is 5.81. The van der Waals surface area contributed by atoms with Crippen LogP contribution in [0, 0.1) is 5.92 Å². The van der Waals surface area contributed by atoms with Crippen LogP contribution >= 0.6 is 0 Å². The second-order valence-corrected chi connectivity index (χ2v) is 5.81. The molecule has 0 saturated heterocycles. The molecule has 112 valence electrons. The van der Waals surface area contributed by atoms with E-state index in [4.69, 9.17) is 0 Å². The van der Waals surface area contributed by atoms with E-state index in [9.17, 15) is 9.90 Å². The normalized spacial score (nSPS) is 25.0. The number of hydrogen-bond acceptors (Lipinski definition) is 3. The molecule has 1 amide bonds. The highest BCUT2D eigenvalue weighted by Crippen LogP contribution is 2.23. The largest absolute Gasteiger partial charge is 0.393 e. The molecule has 4 heteroatoms. The van der Waals surface area contributed by atoms with E-state index in [1.54, 1.807) is 0 Å². The van der Waals surface area contributed by atoms with E-state index in [-0.39, 0.29) is 18.1 Å². The van der Waals surface area contributed by atoms with Crippen molar-refractivity contribution >= 4 is 5.91 Å². The molecule has 1 fully saturated rings. The fraction of sp³-hybridized carbons (Fsp3) is 0.933. The number of unbranched alkanes of at least 4 members (excludes halogenated alkanes) is 2. The smallest absolute Gasteiger partial charge is 0.236 e. The van der Waals surface area contributed by atoms with Gasteiger partial charge in [-0.05, 0) is 45.1 Å². The molecule has 0 aliphatic heterocycles. The summed E-state index contributed by atoms with van der Waals surface area (Å²) in [5.41, 5.74) is 0. The molecular weight excluding hydrogens is 240 g/mol. The average Bonchev–Trinajstić information content (AvgIpc) is 2.41. The third-order valence-corrected chi connectivity index (χ3v) is 3.94. The van der Waals surface area contributed by atoms with Crippen LogP contribution in [0.1, 0.15) is 58.8 Å². The zero-order valence-electron chi connectivity index (χ0n) is 12.5. The van der Waals surface area contributed by atoms with Crippen molar-refractivity contribution in [2.45, 2.75) is 70.9 Å². The highest BCUT2D eigenvalue weighted by Gasteiger charge is 2.21. The van der Waals surface area contributed by atoms with E-state index in [1.165, 1.54) is 12.8 Å². The van der Waals surface area contributed by atoms with E-state index in [2.05, 4.69) is 17.6 Å². The Balaban J connectivity index is 2.11. The summed E-state index contributed by atoms with van der Waals surface area (Å²) in [6, 6.07) is -0.138. The molecule has 0 aromatic rings. The van der Waals surface area contributed by atoms with Crippen molar-refractivity contribution in [2.75, 3.05) is 13.1 Å². The Morgan fingerprint density at radius 3 is 2.84 bits per heavy atom. The van der Waals surface area contributed by atoms with Gasteiger partial charge in [0.1, 0.15) is 0 Å². The molecule has 0 heterocycles. The first kappa shape index (κ1) is 16.4. The fourth-order valence-electron chi connectivity index (χ4n) is 2.62. The third-order valence-electron chi connectivity index (χ3n) is 3.94. The molecule has 1 saturated carbocycles. The number of nitrogens with one attached hydrogen (secondary N) is 2. The third kappa shape index (κ3) is 6.92. The predicted octanol–water partition coefficient (Wildman–Crippen LogP) is 1.82. The lowest BCUT2D eigenvalue weighted by Crippen LogP contribution is -2.44. The summed E-state index contributed by atoms with van der Waals surface area (Å²) in [5, 5.41) is 15.9. The number of aliphatic hydroxyl groups is 1. The van der Waals surface area contributed by atoms with Crippen LogP contribution in [0.25, 0.3) is 0 Å². The maximum atomic E-state index is 11.8. The van der Waals surface area contributed by atoms with Crippen LogP contribution in [0.4, 0.5) is 0 Å². The Bertz CT molecular complexity index is 259. The standard InChI is InChI=1S/C15H30N2O2/c1-3-4-5-9-16-15(19)12(2)17-11-13-7-6-8-14(18)10-13/h12-14,17-18H,3-11H2,1-2H3,(H,16,19). The average molecular weight is 270 g/mol. The molecule has 4 nitrogen and oxygen atoms in total. The van der Waals surface area contributed by atoms with Crippen molar-refractivity contribution in [3.05, 3.63) is 0 Å². The van der Waals surface area contributed by atoms with E-state index < -0.39 is 0 Å². The van der Waals surface area contributed by atoms with Gasteiger partial charge in [-0.3, -0.25) is 4.79 Å². The first-order chi connectivity index (χ1) is 9.13. The van der Waals surface area contributed by atoms with Crippen LogP contribution in [-0.4, -0.2) is 36.2 Å². The highest BCUT2D eigenvalue weighted by molar-refractivity contribution is 5.81. The van der Waals surface area contributed by atoms with Gasteiger partial charge in [0.2, 0.25) is 5.91 Å². The van der Waals surface area contributed by atoms with Crippen LogP contribution in [0.3, 0.4) is 0 Å². The maximum absolute atomic E-state index is 11.8. The predicted molar refractivity (Wildman–Crippen MR) is 78.0 cm³/mol. The lowest BCUT2D eigenvalue weighted by molar-refractivity contribution is -0.122. The van der Waals surface area contributed by atoms with Crippen molar-refractivity contribution in [1.29, 1.82) is 0 Å². The van der Waals surface area contributed by atoms with Gasteiger partial charge in [0.25, 0.3) is 0 Å². The lowest BCUT2D eigenvalue weighted by Gasteiger charge is -2.27. The van der Waals surface area contributed by atoms with Crippen molar-refractivity contribution in [3.63, 3.8) is 0 Å². The quantitative estimate of drug-likeness (QED) is 0.590. The second kappa shape index (κ2) is 9.32. The van der Waals surface area contributed by atoms with E-state index in [1.807, 2.05) is 6.92 Å². The van der Waals surface area contributed by atoms with Crippen LogP contribution in [0.5, 0.6) is 0 Å². The van der Waals surface area contributed by atoms with Gasteiger partial charge in [0.05, 0.1) is 12.1 Å². The molecule has 3 unspecified atom stereocenters. The van der Waals surface area contributed by atoms with Gasteiger partial charge < -0.3 is 15.7 Å². The maximum Gasteiger partial charge on any atom is 0.236 e. The molecule has 19 heavy (non-hydrogen) atoms. The monoisotopic (exact) mass is 270 g/mol. The number of carbonyl (C=O) groups is 1. The van der Waals surface area contributed by atoms with Gasteiger partial charge >= 0.3 is 0 Å². The van der Waals surface area contributed by atoms with Gasteiger partial charge in [0, 0.05) is 6.54 Å². The van der Waals surface area contributed by atoms with Gasteiger partial charge in [-0.1, -0.05) is 26.2 Å². The zero-order chi connectivity index (χ0) is 14.1. The molecule has 0 bridgehead atoms. The minimum Gasteiger partial charge on any atom is -0.393 e. The summed E-state index contributed by atoms with van der Waals surface area (Å²) >= 11 is 0. The van der Waals surface area contributed by atoms with Crippen molar-refractivity contribution in [3.8, 4) is 0 Å². The van der Waals surface area contributed by atoms with E-state index in [0.717, 1.165) is 45.2 Å². The van der Waals surface area contributed by atoms with Crippen LogP contribution < -0.4 is 10.6 Å². The summed E-state index contributed by atoms with van der Waals surface area (Å²) < 4.78 is 0. The molecule has 3 N–H and O–H groups in total. The molecule has 0 aromatic carbocycles. The molecule has 1 aliphatic rings. The number of amides is 1. The Kier molecular flexibility index (Phi) is 8.07. The molecule has 1 rings (SSSR count). The topological polar surface area (TPSA) is 61.4 Å². The zero-order valence-corrected chi connectivity index (χ0v) is 12.5. The van der Waals surface area contributed by atoms with Crippen LogP contribution in [0.15, 0.2) is 0 Å². The van der Waals surface area contributed by atoms with Gasteiger partial charge in [-0.2, -0.15) is 0 Å². The Hall–Kier alpha value is -0.610. The van der Waals surface area contributed by atoms with E-state index >= 15 is 0 Å². The summed E-state index contributed by atoms with van der Waals surface area (Å²) in [7, 11) is 0. The first-order valence-corrected chi connectivity index (χ1v) is 7.82. The van der Waals surface area contributed by atoms with Crippen molar-refractivity contribution in [1.82, 2.24) is 10.6 Å². The summed E-state index contributed by atoms with van der Waals surface area (Å²) in [6.45, 7) is 5.68. The van der Waals surface area contributed by atoms with E-state index in [0.29, 0.717) is 5.92 Å². The molecule has 0 spiro atoms. The van der Waals surface area contributed by atoms with Crippen LogP contribution in [-0.2, 0) is 4.79 Å². The summed E-state index contributed by atoms with van der Waals surface area (Å²) in [4.78, 5) is 11.8.